The summed E-state index contributed by atoms with van der Waals surface area (Å²) in [5, 5.41) is 4.80. The van der Waals surface area contributed by atoms with Crippen LogP contribution in [0, 0.1) is 17.5 Å². The van der Waals surface area contributed by atoms with Crippen molar-refractivity contribution in [2.75, 3.05) is 17.7 Å². The van der Waals surface area contributed by atoms with Crippen LogP contribution in [0.15, 0.2) is 24.5 Å². The molecule has 0 aliphatic carbocycles. The average Bonchev–Trinajstić information content (AvgIpc) is 2.48. The smallest absolute Gasteiger partial charge is 0.275 e. The van der Waals surface area contributed by atoms with Crippen LogP contribution in [0.5, 0.6) is 0 Å². The van der Waals surface area contributed by atoms with E-state index in [2.05, 4.69) is 20.6 Å². The molecule has 0 aliphatic heterocycles. The Morgan fingerprint density at radius 2 is 1.85 bits per heavy atom. The number of nitrogens with one attached hydrogen (secondary N) is 2. The lowest BCUT2D eigenvalue weighted by Crippen LogP contribution is -2.16. The molecular weight excluding hydrogens is 273 g/mol. The third-order valence-electron chi connectivity index (χ3n) is 2.42. The predicted molar refractivity (Wildman–Crippen MR) is 65.8 cm³/mol. The van der Waals surface area contributed by atoms with Gasteiger partial charge in [-0.2, -0.15) is 0 Å². The van der Waals surface area contributed by atoms with E-state index in [4.69, 9.17) is 0 Å². The van der Waals surface area contributed by atoms with E-state index in [1.54, 1.807) is 7.05 Å². The zero-order chi connectivity index (χ0) is 14.7. The highest BCUT2D eigenvalue weighted by Crippen LogP contribution is 2.20. The molecule has 20 heavy (non-hydrogen) atoms. The minimum atomic E-state index is -1.65. The Morgan fingerprint density at radius 1 is 1.10 bits per heavy atom. The van der Waals surface area contributed by atoms with Crippen molar-refractivity contribution in [2.24, 2.45) is 0 Å². The second-order valence-electron chi connectivity index (χ2n) is 3.71. The molecule has 0 unspecified atom stereocenters. The van der Waals surface area contributed by atoms with E-state index in [1.165, 1.54) is 12.4 Å². The largest absolute Gasteiger partial charge is 0.372 e. The third kappa shape index (κ3) is 2.68. The number of rotatable bonds is 3. The Morgan fingerprint density at radius 3 is 2.45 bits per heavy atom. The summed E-state index contributed by atoms with van der Waals surface area (Å²) in [5.74, 6) is -4.80. The number of halogens is 3. The van der Waals surface area contributed by atoms with Crippen LogP contribution in [-0.2, 0) is 0 Å². The maximum Gasteiger partial charge on any atom is 0.275 e. The van der Waals surface area contributed by atoms with Gasteiger partial charge in [0.15, 0.2) is 17.5 Å². The summed E-state index contributed by atoms with van der Waals surface area (Å²) in [6.45, 7) is 0. The molecule has 0 spiro atoms. The fraction of sp³-hybridized carbons (Fsp3) is 0.0833. The van der Waals surface area contributed by atoms with Gasteiger partial charge in [0.05, 0.1) is 18.1 Å². The van der Waals surface area contributed by atoms with Gasteiger partial charge >= 0.3 is 0 Å². The molecule has 0 saturated carbocycles. The third-order valence-corrected chi connectivity index (χ3v) is 2.42. The predicted octanol–water partition coefficient (Wildman–Crippen LogP) is 2.19. The molecule has 1 amide bonds. The molecule has 2 N–H and O–H groups in total. The van der Waals surface area contributed by atoms with Gasteiger partial charge in [0.2, 0.25) is 0 Å². The molecule has 0 radical (unpaired) electrons. The summed E-state index contributed by atoms with van der Waals surface area (Å²) in [7, 11) is 1.63. The van der Waals surface area contributed by atoms with Crippen LogP contribution in [0.3, 0.4) is 0 Å². The van der Waals surface area contributed by atoms with Gasteiger partial charge in [-0.15, -0.1) is 0 Å². The van der Waals surface area contributed by atoms with Crippen molar-refractivity contribution in [1.29, 1.82) is 0 Å². The van der Waals surface area contributed by atoms with Gasteiger partial charge in [0, 0.05) is 7.05 Å². The SMILES string of the molecule is CNc1cnc(C(=O)Nc2ccc(F)c(F)c2F)cn1. The van der Waals surface area contributed by atoms with Gasteiger partial charge in [0.25, 0.3) is 5.91 Å². The first-order chi connectivity index (χ1) is 9.52. The lowest BCUT2D eigenvalue weighted by atomic mass is 10.2. The highest BCUT2D eigenvalue weighted by molar-refractivity contribution is 6.02. The van der Waals surface area contributed by atoms with Crippen molar-refractivity contribution in [3.8, 4) is 0 Å². The zero-order valence-electron chi connectivity index (χ0n) is 10.2. The maximum atomic E-state index is 13.4. The first-order valence-electron chi connectivity index (χ1n) is 5.47. The Kier molecular flexibility index (Phi) is 3.83. The number of carbonyl (C=O) groups excluding carboxylic acids is 1. The number of nitrogens with zero attached hydrogens (tertiary/aromatic N) is 2. The van der Waals surface area contributed by atoms with E-state index in [-0.39, 0.29) is 5.69 Å². The van der Waals surface area contributed by atoms with Gasteiger partial charge < -0.3 is 10.6 Å². The van der Waals surface area contributed by atoms with Gasteiger partial charge in [-0.05, 0) is 12.1 Å². The lowest BCUT2D eigenvalue weighted by molar-refractivity contribution is 0.102. The van der Waals surface area contributed by atoms with E-state index < -0.39 is 29.0 Å². The Hall–Kier alpha value is -2.64. The minimum Gasteiger partial charge on any atom is -0.372 e. The summed E-state index contributed by atoms with van der Waals surface area (Å²) >= 11 is 0. The fourth-order valence-electron chi connectivity index (χ4n) is 1.38. The van der Waals surface area contributed by atoms with Gasteiger partial charge in [-0.3, -0.25) is 4.79 Å². The van der Waals surface area contributed by atoms with Crippen molar-refractivity contribution in [1.82, 2.24) is 9.97 Å². The zero-order valence-corrected chi connectivity index (χ0v) is 10.2. The summed E-state index contributed by atoms with van der Waals surface area (Å²) in [6.07, 6.45) is 2.47. The van der Waals surface area contributed by atoms with E-state index in [1.807, 2.05) is 0 Å². The van der Waals surface area contributed by atoms with Crippen LogP contribution in [0.1, 0.15) is 10.5 Å². The highest BCUT2D eigenvalue weighted by atomic mass is 19.2. The molecule has 0 atom stereocenters. The molecule has 8 heteroatoms. The topological polar surface area (TPSA) is 66.9 Å². The number of carbonyl (C=O) groups is 1. The molecule has 0 aliphatic rings. The number of hydrogen-bond acceptors (Lipinski definition) is 4. The second kappa shape index (κ2) is 5.55. The van der Waals surface area contributed by atoms with E-state index >= 15 is 0 Å². The van der Waals surface area contributed by atoms with E-state index in [0.717, 1.165) is 6.07 Å². The quantitative estimate of drug-likeness (QED) is 0.847. The lowest BCUT2D eigenvalue weighted by Gasteiger charge is -2.07. The Labute approximate surface area is 111 Å². The number of anilines is 2. The molecule has 0 bridgehead atoms. The fourth-order valence-corrected chi connectivity index (χ4v) is 1.38. The van der Waals surface area contributed by atoms with Crippen LogP contribution in [0.25, 0.3) is 0 Å². The molecule has 5 nitrogen and oxygen atoms in total. The van der Waals surface area contributed by atoms with Gasteiger partial charge in [0.1, 0.15) is 11.5 Å². The summed E-state index contributed by atoms with van der Waals surface area (Å²) in [5.41, 5.74) is -0.568. The molecule has 1 heterocycles. The molecule has 104 valence electrons. The first-order valence-corrected chi connectivity index (χ1v) is 5.47. The normalized spacial score (nSPS) is 10.2. The van der Waals surface area contributed by atoms with Crippen molar-refractivity contribution in [3.63, 3.8) is 0 Å². The van der Waals surface area contributed by atoms with Crippen LogP contribution < -0.4 is 10.6 Å². The molecule has 2 rings (SSSR count). The van der Waals surface area contributed by atoms with Crippen molar-refractivity contribution in [3.05, 3.63) is 47.7 Å². The molecule has 1 aromatic heterocycles. The molecular formula is C12H9F3N4O. The van der Waals surface area contributed by atoms with Crippen LogP contribution in [-0.4, -0.2) is 22.9 Å². The first kappa shape index (κ1) is 13.8. The summed E-state index contributed by atoms with van der Waals surface area (Å²) in [6, 6.07) is 1.63. The Balaban J connectivity index is 2.21. The monoisotopic (exact) mass is 282 g/mol. The Bertz CT molecular complexity index is 646. The molecule has 1 aromatic carbocycles. The van der Waals surface area contributed by atoms with Crippen molar-refractivity contribution < 1.29 is 18.0 Å². The van der Waals surface area contributed by atoms with E-state index in [0.29, 0.717) is 11.9 Å². The summed E-state index contributed by atoms with van der Waals surface area (Å²) in [4.78, 5) is 19.4. The highest BCUT2D eigenvalue weighted by Gasteiger charge is 2.16. The van der Waals surface area contributed by atoms with Gasteiger partial charge in [-0.25, -0.2) is 23.1 Å². The van der Waals surface area contributed by atoms with Crippen molar-refractivity contribution >= 4 is 17.4 Å². The molecule has 2 aromatic rings. The standard InChI is InChI=1S/C12H9F3N4O/c1-16-9-5-17-8(4-18-9)12(20)19-7-3-2-6(13)10(14)11(7)15/h2-5H,1H3,(H,16,18)(H,19,20). The molecule has 0 saturated heterocycles. The van der Waals surface area contributed by atoms with Crippen molar-refractivity contribution in [2.45, 2.75) is 0 Å². The minimum absolute atomic E-state index is 0.0897. The number of benzene rings is 1. The van der Waals surface area contributed by atoms with Crippen LogP contribution in [0.2, 0.25) is 0 Å². The van der Waals surface area contributed by atoms with E-state index in [9.17, 15) is 18.0 Å². The second-order valence-corrected chi connectivity index (χ2v) is 3.71. The molecule has 0 fully saturated rings. The number of amides is 1. The average molecular weight is 282 g/mol. The number of aromatic nitrogens is 2. The van der Waals surface area contributed by atoms with Gasteiger partial charge in [-0.1, -0.05) is 0 Å². The van der Waals surface area contributed by atoms with Crippen LogP contribution >= 0.6 is 0 Å². The van der Waals surface area contributed by atoms with Crippen LogP contribution in [0.4, 0.5) is 24.7 Å². The number of hydrogen-bond donors (Lipinski definition) is 2. The summed E-state index contributed by atoms with van der Waals surface area (Å²) < 4.78 is 39.1. The maximum absolute atomic E-state index is 13.4.